The number of hydrogen-bond acceptors (Lipinski definition) is 5. The second-order valence-electron chi connectivity index (χ2n) is 4.99. The van der Waals surface area contributed by atoms with E-state index in [1.165, 1.54) is 6.39 Å². The summed E-state index contributed by atoms with van der Waals surface area (Å²) < 4.78 is 5.17. The van der Waals surface area contributed by atoms with Crippen LogP contribution in [0.3, 0.4) is 0 Å². The highest BCUT2D eigenvalue weighted by Crippen LogP contribution is 2.23. The topological polar surface area (TPSA) is 68.0 Å². The van der Waals surface area contributed by atoms with Crippen molar-refractivity contribution in [3.63, 3.8) is 0 Å². The fourth-order valence-corrected chi connectivity index (χ4v) is 3.09. The van der Waals surface area contributed by atoms with Crippen LogP contribution in [0.4, 0.5) is 0 Å². The largest absolute Gasteiger partial charge is 0.448 e. The molecule has 0 atom stereocenters. The van der Waals surface area contributed by atoms with E-state index >= 15 is 0 Å². The summed E-state index contributed by atoms with van der Waals surface area (Å²) in [6.07, 6.45) is 2.64. The van der Waals surface area contributed by atoms with Gasteiger partial charge >= 0.3 is 0 Å². The number of thiazole rings is 1. The fraction of sp³-hybridized carbons (Fsp3) is 0.235. The summed E-state index contributed by atoms with van der Waals surface area (Å²) in [6, 6.07) is 10.1. The van der Waals surface area contributed by atoms with Gasteiger partial charge in [0.15, 0.2) is 12.1 Å². The number of amides is 1. The van der Waals surface area contributed by atoms with Crippen LogP contribution in [0.15, 0.2) is 46.5 Å². The monoisotopic (exact) mass is 327 g/mol. The SMILES string of the molecule is CCc1ocnc1C(=O)NCCc1csc(-c2ccccc2)n1. The molecule has 0 bridgehead atoms. The highest BCUT2D eigenvalue weighted by molar-refractivity contribution is 7.13. The Morgan fingerprint density at radius 2 is 2.13 bits per heavy atom. The van der Waals surface area contributed by atoms with E-state index < -0.39 is 0 Å². The number of nitrogens with zero attached hydrogens (tertiary/aromatic N) is 2. The predicted octanol–water partition coefficient (Wildman–Crippen LogP) is 3.33. The van der Waals surface area contributed by atoms with Gasteiger partial charge in [0, 0.05) is 30.3 Å². The maximum atomic E-state index is 12.1. The van der Waals surface area contributed by atoms with E-state index in [0.717, 1.165) is 16.3 Å². The molecule has 2 heterocycles. The van der Waals surface area contributed by atoms with Crippen LogP contribution in [0, 0.1) is 0 Å². The Morgan fingerprint density at radius 1 is 1.30 bits per heavy atom. The minimum atomic E-state index is -0.200. The molecule has 0 unspecified atom stereocenters. The molecule has 0 fully saturated rings. The van der Waals surface area contributed by atoms with Crippen molar-refractivity contribution in [1.29, 1.82) is 0 Å². The van der Waals surface area contributed by atoms with E-state index in [9.17, 15) is 4.79 Å². The summed E-state index contributed by atoms with van der Waals surface area (Å²) in [5.41, 5.74) is 2.46. The zero-order valence-corrected chi connectivity index (χ0v) is 13.6. The number of aryl methyl sites for hydroxylation is 1. The summed E-state index contributed by atoms with van der Waals surface area (Å²) in [6.45, 7) is 2.45. The van der Waals surface area contributed by atoms with E-state index in [-0.39, 0.29) is 5.91 Å². The van der Waals surface area contributed by atoms with Gasteiger partial charge < -0.3 is 9.73 Å². The third-order valence-electron chi connectivity index (χ3n) is 3.42. The van der Waals surface area contributed by atoms with E-state index in [0.29, 0.717) is 30.8 Å². The van der Waals surface area contributed by atoms with Crippen molar-refractivity contribution in [2.75, 3.05) is 6.54 Å². The second-order valence-corrected chi connectivity index (χ2v) is 5.85. The van der Waals surface area contributed by atoms with Gasteiger partial charge in [0.25, 0.3) is 5.91 Å². The molecule has 0 radical (unpaired) electrons. The van der Waals surface area contributed by atoms with Crippen molar-refractivity contribution >= 4 is 17.2 Å². The first-order chi connectivity index (χ1) is 11.3. The molecular weight excluding hydrogens is 310 g/mol. The van der Waals surface area contributed by atoms with Gasteiger partial charge in [0.05, 0.1) is 5.69 Å². The van der Waals surface area contributed by atoms with Crippen LogP contribution in [0.5, 0.6) is 0 Å². The molecule has 3 rings (SSSR count). The number of carbonyl (C=O) groups excluding carboxylic acids is 1. The van der Waals surface area contributed by atoms with Gasteiger partial charge in [0.1, 0.15) is 10.8 Å². The number of nitrogens with one attached hydrogen (secondary N) is 1. The number of aromatic nitrogens is 2. The first kappa shape index (κ1) is 15.4. The summed E-state index contributed by atoms with van der Waals surface area (Å²) >= 11 is 1.61. The highest BCUT2D eigenvalue weighted by Gasteiger charge is 2.14. The zero-order valence-electron chi connectivity index (χ0n) is 12.8. The third kappa shape index (κ3) is 3.65. The van der Waals surface area contributed by atoms with Crippen molar-refractivity contribution in [2.45, 2.75) is 19.8 Å². The number of carbonyl (C=O) groups is 1. The van der Waals surface area contributed by atoms with Gasteiger partial charge in [-0.15, -0.1) is 11.3 Å². The maximum absolute atomic E-state index is 12.1. The van der Waals surface area contributed by atoms with E-state index in [1.807, 2.05) is 42.6 Å². The molecule has 0 spiro atoms. The molecule has 0 saturated heterocycles. The number of hydrogen-bond donors (Lipinski definition) is 1. The summed E-state index contributed by atoms with van der Waals surface area (Å²) in [7, 11) is 0. The number of benzene rings is 1. The van der Waals surface area contributed by atoms with Crippen LogP contribution in [-0.2, 0) is 12.8 Å². The van der Waals surface area contributed by atoms with E-state index in [1.54, 1.807) is 11.3 Å². The Kier molecular flexibility index (Phi) is 4.83. The minimum Gasteiger partial charge on any atom is -0.448 e. The smallest absolute Gasteiger partial charge is 0.273 e. The molecule has 0 aliphatic rings. The van der Waals surface area contributed by atoms with Gasteiger partial charge in [-0.25, -0.2) is 9.97 Å². The zero-order chi connectivity index (χ0) is 16.1. The Bertz CT molecular complexity index is 780. The van der Waals surface area contributed by atoms with Crippen LogP contribution in [0.25, 0.3) is 10.6 Å². The summed E-state index contributed by atoms with van der Waals surface area (Å²) in [4.78, 5) is 20.6. The number of rotatable bonds is 6. The van der Waals surface area contributed by atoms with Crippen LogP contribution < -0.4 is 5.32 Å². The quantitative estimate of drug-likeness (QED) is 0.754. The first-order valence-corrected chi connectivity index (χ1v) is 8.36. The van der Waals surface area contributed by atoms with Crippen molar-refractivity contribution in [3.05, 3.63) is 59.3 Å². The molecule has 0 saturated carbocycles. The summed E-state index contributed by atoms with van der Waals surface area (Å²) in [5, 5.41) is 5.89. The molecule has 0 aliphatic carbocycles. The second kappa shape index (κ2) is 7.19. The minimum absolute atomic E-state index is 0.200. The van der Waals surface area contributed by atoms with Gasteiger partial charge in [-0.1, -0.05) is 37.3 Å². The van der Waals surface area contributed by atoms with Crippen LogP contribution in [-0.4, -0.2) is 22.4 Å². The molecule has 6 heteroatoms. The van der Waals surface area contributed by atoms with Crippen molar-refractivity contribution < 1.29 is 9.21 Å². The lowest BCUT2D eigenvalue weighted by molar-refractivity contribution is 0.0948. The molecule has 23 heavy (non-hydrogen) atoms. The molecule has 1 N–H and O–H groups in total. The Morgan fingerprint density at radius 3 is 2.91 bits per heavy atom. The average Bonchev–Trinajstić information content (AvgIpc) is 3.24. The van der Waals surface area contributed by atoms with Crippen molar-refractivity contribution in [2.24, 2.45) is 0 Å². The molecule has 0 aliphatic heterocycles. The van der Waals surface area contributed by atoms with E-state index in [4.69, 9.17) is 4.42 Å². The number of oxazole rings is 1. The first-order valence-electron chi connectivity index (χ1n) is 7.48. The standard InChI is InChI=1S/C17H17N3O2S/c1-2-14-15(19-11-22-14)16(21)18-9-8-13-10-23-17(20-13)12-6-4-3-5-7-12/h3-7,10-11H,2,8-9H2,1H3,(H,18,21). The van der Waals surface area contributed by atoms with Crippen LogP contribution in [0.2, 0.25) is 0 Å². The van der Waals surface area contributed by atoms with Gasteiger partial charge in [0.2, 0.25) is 0 Å². The molecular formula is C17H17N3O2S. The van der Waals surface area contributed by atoms with Gasteiger partial charge in [-0.3, -0.25) is 4.79 Å². The van der Waals surface area contributed by atoms with E-state index in [2.05, 4.69) is 15.3 Å². The lowest BCUT2D eigenvalue weighted by Crippen LogP contribution is -2.26. The Balaban J connectivity index is 1.55. The van der Waals surface area contributed by atoms with Crippen LogP contribution in [0.1, 0.15) is 28.9 Å². The fourth-order valence-electron chi connectivity index (χ4n) is 2.23. The summed E-state index contributed by atoms with van der Waals surface area (Å²) in [5.74, 6) is 0.414. The average molecular weight is 327 g/mol. The van der Waals surface area contributed by atoms with Crippen LogP contribution >= 0.6 is 11.3 Å². The molecule has 1 aromatic carbocycles. The molecule has 5 nitrogen and oxygen atoms in total. The molecule has 118 valence electrons. The normalized spacial score (nSPS) is 10.7. The maximum Gasteiger partial charge on any atom is 0.273 e. The van der Waals surface area contributed by atoms with Gasteiger partial charge in [-0.2, -0.15) is 0 Å². The molecule has 2 aromatic heterocycles. The molecule has 1 amide bonds. The lowest BCUT2D eigenvalue weighted by atomic mass is 10.2. The Labute approximate surface area is 138 Å². The van der Waals surface area contributed by atoms with Gasteiger partial charge in [-0.05, 0) is 0 Å². The Hall–Kier alpha value is -2.47. The highest BCUT2D eigenvalue weighted by atomic mass is 32.1. The van der Waals surface area contributed by atoms with Crippen molar-refractivity contribution in [3.8, 4) is 10.6 Å². The lowest BCUT2D eigenvalue weighted by Gasteiger charge is -2.02. The molecule has 3 aromatic rings. The third-order valence-corrected chi connectivity index (χ3v) is 4.36. The predicted molar refractivity (Wildman–Crippen MR) is 89.5 cm³/mol. The van der Waals surface area contributed by atoms with Crippen molar-refractivity contribution in [1.82, 2.24) is 15.3 Å².